The third kappa shape index (κ3) is 4.10. The van der Waals surface area contributed by atoms with Gasteiger partial charge in [0.05, 0.1) is 21.9 Å². The molecule has 4 aromatic rings. The molecule has 3 N–H and O–H groups in total. The van der Waals surface area contributed by atoms with E-state index in [1.807, 2.05) is 24.3 Å². The molecule has 0 bridgehead atoms. The number of para-hydroxylation sites is 1. The van der Waals surface area contributed by atoms with Crippen molar-refractivity contribution >= 4 is 26.6 Å². The van der Waals surface area contributed by atoms with Gasteiger partial charge in [0.2, 0.25) is 9.84 Å². The van der Waals surface area contributed by atoms with Crippen molar-refractivity contribution in [3.63, 3.8) is 0 Å². The van der Waals surface area contributed by atoms with Crippen LogP contribution in [0.25, 0.3) is 22.3 Å². The van der Waals surface area contributed by atoms with Gasteiger partial charge in [-0.3, -0.25) is 0 Å². The lowest BCUT2D eigenvalue weighted by molar-refractivity contribution is 0.278. The average Bonchev–Trinajstić information content (AvgIpc) is 3.37. The zero-order chi connectivity index (χ0) is 23.7. The number of phenolic OH excluding ortho intramolecular Hbond substituents is 1. The topological polar surface area (TPSA) is 112 Å². The number of nitrogens with zero attached hydrogens (tertiary/aromatic N) is 2. The number of aliphatic hydroxyl groups is 1. The smallest absolute Gasteiger partial charge is 0.207 e. The molecule has 8 heteroatoms. The molecule has 0 unspecified atom stereocenters. The number of aromatic nitrogens is 2. The van der Waals surface area contributed by atoms with Crippen LogP contribution in [0.3, 0.4) is 0 Å². The van der Waals surface area contributed by atoms with Crippen molar-refractivity contribution in [2.24, 2.45) is 0 Å². The Balaban J connectivity index is 1.70. The molecule has 34 heavy (non-hydrogen) atoms. The first-order valence-corrected chi connectivity index (χ1v) is 12.8. The minimum Gasteiger partial charge on any atom is -0.508 e. The summed E-state index contributed by atoms with van der Waals surface area (Å²) in [5.74, 6) is 0.729. The van der Waals surface area contributed by atoms with Gasteiger partial charge in [-0.05, 0) is 54.8 Å². The van der Waals surface area contributed by atoms with Crippen molar-refractivity contribution in [1.82, 2.24) is 9.97 Å². The van der Waals surface area contributed by atoms with E-state index in [-0.39, 0.29) is 32.5 Å². The molecule has 1 aromatic heterocycles. The summed E-state index contributed by atoms with van der Waals surface area (Å²) >= 11 is 0. The second-order valence-electron chi connectivity index (χ2n) is 8.49. The summed E-state index contributed by atoms with van der Waals surface area (Å²) in [4.78, 5) is 9.30. The van der Waals surface area contributed by atoms with E-state index in [1.54, 1.807) is 18.2 Å². The summed E-state index contributed by atoms with van der Waals surface area (Å²) in [6.45, 7) is -0.425. The van der Waals surface area contributed by atoms with Crippen LogP contribution in [0.15, 0.2) is 76.5 Å². The molecular formula is C26H25N3O4S. The molecule has 7 nitrogen and oxygen atoms in total. The van der Waals surface area contributed by atoms with Crippen LogP contribution in [0, 0.1) is 0 Å². The maximum absolute atomic E-state index is 13.7. The van der Waals surface area contributed by atoms with Crippen molar-refractivity contribution in [1.29, 1.82) is 0 Å². The Bertz CT molecular complexity index is 1460. The van der Waals surface area contributed by atoms with E-state index in [2.05, 4.69) is 10.3 Å². The summed E-state index contributed by atoms with van der Waals surface area (Å²) in [7, 11) is -4.09. The predicted molar refractivity (Wildman–Crippen MR) is 130 cm³/mol. The van der Waals surface area contributed by atoms with E-state index in [4.69, 9.17) is 4.98 Å². The lowest BCUT2D eigenvalue weighted by Crippen LogP contribution is -2.16. The number of sulfone groups is 1. The van der Waals surface area contributed by atoms with Crippen LogP contribution >= 0.6 is 0 Å². The van der Waals surface area contributed by atoms with Crippen LogP contribution in [-0.4, -0.2) is 34.6 Å². The van der Waals surface area contributed by atoms with Crippen LogP contribution in [0.5, 0.6) is 5.75 Å². The molecule has 1 aliphatic rings. The molecule has 0 amide bonds. The van der Waals surface area contributed by atoms with Crippen molar-refractivity contribution in [3.05, 3.63) is 72.3 Å². The largest absolute Gasteiger partial charge is 0.508 e. The Morgan fingerprint density at radius 1 is 0.912 bits per heavy atom. The zero-order valence-corrected chi connectivity index (χ0v) is 19.3. The summed E-state index contributed by atoms with van der Waals surface area (Å²) in [6, 6.07) is 18.4. The predicted octanol–water partition coefficient (Wildman–Crippen LogP) is 4.68. The van der Waals surface area contributed by atoms with E-state index in [0.717, 1.165) is 31.1 Å². The molecule has 0 radical (unpaired) electrons. The fourth-order valence-corrected chi connectivity index (χ4v) is 6.20. The van der Waals surface area contributed by atoms with Crippen molar-refractivity contribution in [3.8, 4) is 17.1 Å². The first kappa shape index (κ1) is 22.3. The number of benzene rings is 3. The second-order valence-corrected chi connectivity index (χ2v) is 10.4. The highest BCUT2D eigenvalue weighted by atomic mass is 32.2. The molecule has 1 heterocycles. The number of hydrogen-bond donors (Lipinski definition) is 3. The Labute approximate surface area is 198 Å². The van der Waals surface area contributed by atoms with Gasteiger partial charge in [-0.2, -0.15) is 0 Å². The molecule has 1 aliphatic carbocycles. The van der Waals surface area contributed by atoms with Gasteiger partial charge in [0.1, 0.15) is 11.6 Å². The SMILES string of the molecule is O=S(=O)(c1ccccc1CO)c1cc(O)ccc1-c1nc(NC2CCCC2)c2ccccc2n1. The second kappa shape index (κ2) is 9.04. The highest BCUT2D eigenvalue weighted by molar-refractivity contribution is 7.91. The monoisotopic (exact) mass is 475 g/mol. The third-order valence-electron chi connectivity index (χ3n) is 6.23. The summed E-state index contributed by atoms with van der Waals surface area (Å²) in [5, 5.41) is 24.3. The number of aromatic hydroxyl groups is 1. The van der Waals surface area contributed by atoms with Gasteiger partial charge in [-0.25, -0.2) is 18.4 Å². The molecule has 5 rings (SSSR count). The highest BCUT2D eigenvalue weighted by Gasteiger charge is 2.27. The zero-order valence-electron chi connectivity index (χ0n) is 18.5. The van der Waals surface area contributed by atoms with E-state index < -0.39 is 16.4 Å². The van der Waals surface area contributed by atoms with E-state index in [1.165, 1.54) is 24.3 Å². The molecule has 0 saturated heterocycles. The summed E-state index contributed by atoms with van der Waals surface area (Å²) < 4.78 is 27.4. The minimum atomic E-state index is -4.09. The molecule has 0 atom stereocenters. The van der Waals surface area contributed by atoms with Crippen LogP contribution in [0.1, 0.15) is 31.2 Å². The number of hydrogen-bond acceptors (Lipinski definition) is 7. The fraction of sp³-hybridized carbons (Fsp3) is 0.231. The van der Waals surface area contributed by atoms with Gasteiger partial charge in [0.25, 0.3) is 0 Å². The molecule has 1 saturated carbocycles. The van der Waals surface area contributed by atoms with Gasteiger partial charge in [-0.15, -0.1) is 0 Å². The number of rotatable bonds is 6. The Morgan fingerprint density at radius 3 is 2.44 bits per heavy atom. The maximum atomic E-state index is 13.7. The first-order chi connectivity index (χ1) is 16.5. The number of phenols is 1. The maximum Gasteiger partial charge on any atom is 0.207 e. The lowest BCUT2D eigenvalue weighted by atomic mass is 10.1. The number of aliphatic hydroxyl groups excluding tert-OH is 1. The Morgan fingerprint density at radius 2 is 1.65 bits per heavy atom. The number of nitrogens with one attached hydrogen (secondary N) is 1. The summed E-state index contributed by atoms with van der Waals surface area (Å²) in [6.07, 6.45) is 4.45. The van der Waals surface area contributed by atoms with E-state index >= 15 is 0 Å². The van der Waals surface area contributed by atoms with Crippen molar-refractivity contribution in [2.75, 3.05) is 5.32 Å². The first-order valence-electron chi connectivity index (χ1n) is 11.3. The average molecular weight is 476 g/mol. The Hall–Kier alpha value is -3.49. The van der Waals surface area contributed by atoms with Crippen molar-refractivity contribution < 1.29 is 18.6 Å². The molecular weight excluding hydrogens is 450 g/mol. The highest BCUT2D eigenvalue weighted by Crippen LogP contribution is 2.36. The van der Waals surface area contributed by atoms with Crippen LogP contribution < -0.4 is 5.32 Å². The standard InChI is InChI=1S/C26H25N3O4S/c30-16-17-7-1-6-12-23(17)34(32,33)24-15-19(31)13-14-21(24)26-28-22-11-5-4-10-20(22)25(29-26)27-18-8-2-3-9-18/h1,4-7,10-15,18,30-31H,2-3,8-9,16H2,(H,27,28,29). The van der Waals surface area contributed by atoms with Crippen LogP contribution in [-0.2, 0) is 16.4 Å². The summed E-state index contributed by atoms with van der Waals surface area (Å²) in [5.41, 5.74) is 1.26. The normalized spacial score (nSPS) is 14.5. The number of anilines is 1. The fourth-order valence-electron chi connectivity index (χ4n) is 4.50. The van der Waals surface area contributed by atoms with Crippen molar-refractivity contribution in [2.45, 2.75) is 48.1 Å². The van der Waals surface area contributed by atoms with Crippen LogP contribution in [0.4, 0.5) is 5.82 Å². The molecule has 3 aromatic carbocycles. The molecule has 174 valence electrons. The van der Waals surface area contributed by atoms with Gasteiger partial charge < -0.3 is 15.5 Å². The van der Waals surface area contributed by atoms with Gasteiger partial charge in [0.15, 0.2) is 5.82 Å². The van der Waals surface area contributed by atoms with Gasteiger partial charge in [-0.1, -0.05) is 43.2 Å². The lowest BCUT2D eigenvalue weighted by Gasteiger charge is -2.17. The quantitative estimate of drug-likeness (QED) is 0.371. The van der Waals surface area contributed by atoms with Gasteiger partial charge >= 0.3 is 0 Å². The molecule has 1 fully saturated rings. The Kier molecular flexibility index (Phi) is 5.93. The third-order valence-corrected chi connectivity index (χ3v) is 8.12. The molecule has 0 spiro atoms. The van der Waals surface area contributed by atoms with E-state index in [9.17, 15) is 18.6 Å². The van der Waals surface area contributed by atoms with Crippen LogP contribution in [0.2, 0.25) is 0 Å². The minimum absolute atomic E-state index is 0.0190. The van der Waals surface area contributed by atoms with E-state index in [0.29, 0.717) is 17.4 Å². The van der Waals surface area contributed by atoms with Gasteiger partial charge in [0, 0.05) is 17.0 Å². The molecule has 0 aliphatic heterocycles. The number of fused-ring (bicyclic) bond motifs is 1.